The summed E-state index contributed by atoms with van der Waals surface area (Å²) in [6, 6.07) is 7.12. The SMILES string of the molecule is Cc1nc(N2CC(CC(=O)NC3CCCC3)CC2C(=O)O)c2oc3ccccc3c2n1. The number of carbonyl (C=O) groups is 2. The monoisotopic (exact) mass is 422 g/mol. The Morgan fingerprint density at radius 3 is 2.77 bits per heavy atom. The van der Waals surface area contributed by atoms with Crippen molar-refractivity contribution in [2.75, 3.05) is 11.4 Å². The Labute approximate surface area is 179 Å². The number of nitrogens with zero attached hydrogens (tertiary/aromatic N) is 3. The lowest BCUT2D eigenvalue weighted by Gasteiger charge is -2.22. The minimum atomic E-state index is -0.917. The van der Waals surface area contributed by atoms with Crippen LogP contribution in [0.3, 0.4) is 0 Å². The van der Waals surface area contributed by atoms with Crippen LogP contribution in [0, 0.1) is 12.8 Å². The molecule has 2 aromatic heterocycles. The Morgan fingerprint density at radius 2 is 2.00 bits per heavy atom. The predicted molar refractivity (Wildman–Crippen MR) is 116 cm³/mol. The summed E-state index contributed by atoms with van der Waals surface area (Å²) in [6.07, 6.45) is 5.10. The number of hydrogen-bond acceptors (Lipinski definition) is 6. The Kier molecular flexibility index (Phi) is 5.00. The van der Waals surface area contributed by atoms with Crippen molar-refractivity contribution in [2.45, 2.75) is 57.5 Å². The van der Waals surface area contributed by atoms with Crippen LogP contribution in [0.4, 0.5) is 5.82 Å². The number of benzene rings is 1. The van der Waals surface area contributed by atoms with Crippen LogP contribution in [0.5, 0.6) is 0 Å². The number of aromatic nitrogens is 2. The second-order valence-corrected chi connectivity index (χ2v) is 8.73. The number of rotatable bonds is 5. The van der Waals surface area contributed by atoms with Crippen molar-refractivity contribution in [3.05, 3.63) is 30.1 Å². The molecule has 31 heavy (non-hydrogen) atoms. The molecule has 2 fully saturated rings. The Balaban J connectivity index is 1.45. The van der Waals surface area contributed by atoms with Gasteiger partial charge in [0.25, 0.3) is 0 Å². The summed E-state index contributed by atoms with van der Waals surface area (Å²) in [5.74, 6) is 0.0810. The van der Waals surface area contributed by atoms with E-state index in [1.54, 1.807) is 11.8 Å². The number of anilines is 1. The predicted octanol–water partition coefficient (Wildman–Crippen LogP) is 3.41. The number of nitrogens with one attached hydrogen (secondary N) is 1. The Morgan fingerprint density at radius 1 is 1.23 bits per heavy atom. The number of carboxylic acid groups (broad SMARTS) is 1. The van der Waals surface area contributed by atoms with E-state index >= 15 is 0 Å². The minimum absolute atomic E-state index is 0.00985. The fourth-order valence-corrected chi connectivity index (χ4v) is 5.04. The maximum absolute atomic E-state index is 12.5. The van der Waals surface area contributed by atoms with E-state index in [9.17, 15) is 14.7 Å². The van der Waals surface area contributed by atoms with Crippen molar-refractivity contribution in [3.8, 4) is 0 Å². The average molecular weight is 422 g/mol. The maximum Gasteiger partial charge on any atom is 0.326 e. The molecule has 0 spiro atoms. The first-order chi connectivity index (χ1) is 15.0. The number of carboxylic acids is 1. The van der Waals surface area contributed by atoms with E-state index in [4.69, 9.17) is 4.42 Å². The molecule has 162 valence electrons. The van der Waals surface area contributed by atoms with E-state index in [1.807, 2.05) is 24.3 Å². The number of aryl methyl sites for hydroxylation is 1. The third-order valence-corrected chi connectivity index (χ3v) is 6.45. The lowest BCUT2D eigenvalue weighted by Crippen LogP contribution is -2.37. The van der Waals surface area contributed by atoms with Gasteiger partial charge >= 0.3 is 5.97 Å². The molecular formula is C23H26N4O4. The van der Waals surface area contributed by atoms with Crippen LogP contribution in [0.25, 0.3) is 22.1 Å². The molecule has 8 nitrogen and oxygen atoms in total. The average Bonchev–Trinajstić information content (AvgIpc) is 3.46. The van der Waals surface area contributed by atoms with Gasteiger partial charge in [0.1, 0.15) is 23.0 Å². The molecule has 3 heterocycles. The zero-order valence-electron chi connectivity index (χ0n) is 17.5. The van der Waals surface area contributed by atoms with Gasteiger partial charge in [-0.25, -0.2) is 14.8 Å². The van der Waals surface area contributed by atoms with Crippen LogP contribution < -0.4 is 10.2 Å². The number of fused-ring (bicyclic) bond motifs is 3. The summed E-state index contributed by atoms with van der Waals surface area (Å²) in [6.45, 7) is 2.24. The summed E-state index contributed by atoms with van der Waals surface area (Å²) in [5.41, 5.74) is 1.87. The summed E-state index contributed by atoms with van der Waals surface area (Å²) in [4.78, 5) is 35.5. The van der Waals surface area contributed by atoms with Crippen LogP contribution in [-0.4, -0.2) is 45.6 Å². The molecule has 0 radical (unpaired) electrons. The first kappa shape index (κ1) is 19.8. The highest BCUT2D eigenvalue weighted by Crippen LogP contribution is 2.37. The summed E-state index contributed by atoms with van der Waals surface area (Å²) >= 11 is 0. The lowest BCUT2D eigenvalue weighted by molar-refractivity contribution is -0.138. The van der Waals surface area contributed by atoms with Gasteiger partial charge in [-0.15, -0.1) is 0 Å². The third-order valence-electron chi connectivity index (χ3n) is 6.45. The van der Waals surface area contributed by atoms with Gasteiger partial charge in [0.2, 0.25) is 5.91 Å². The number of para-hydroxylation sites is 1. The van der Waals surface area contributed by atoms with Gasteiger partial charge in [0, 0.05) is 24.4 Å². The van der Waals surface area contributed by atoms with E-state index in [2.05, 4.69) is 15.3 Å². The van der Waals surface area contributed by atoms with Gasteiger partial charge < -0.3 is 19.7 Å². The lowest BCUT2D eigenvalue weighted by atomic mass is 10.0. The fourth-order valence-electron chi connectivity index (χ4n) is 5.04. The van der Waals surface area contributed by atoms with Crippen LogP contribution in [0.1, 0.15) is 44.3 Å². The normalized spacial score (nSPS) is 21.9. The molecule has 8 heteroatoms. The molecule has 2 atom stereocenters. The summed E-state index contributed by atoms with van der Waals surface area (Å²) < 4.78 is 6.05. The number of amides is 1. The van der Waals surface area contributed by atoms with E-state index in [-0.39, 0.29) is 17.9 Å². The first-order valence-electron chi connectivity index (χ1n) is 10.9. The highest BCUT2D eigenvalue weighted by molar-refractivity contribution is 6.06. The molecule has 1 saturated carbocycles. The van der Waals surface area contributed by atoms with Crippen molar-refractivity contribution in [2.24, 2.45) is 5.92 Å². The third kappa shape index (κ3) is 3.71. The summed E-state index contributed by atoms with van der Waals surface area (Å²) in [7, 11) is 0. The minimum Gasteiger partial charge on any atom is -0.480 e. The van der Waals surface area contributed by atoms with Crippen molar-refractivity contribution < 1.29 is 19.1 Å². The van der Waals surface area contributed by atoms with Crippen molar-refractivity contribution >= 4 is 39.8 Å². The molecule has 1 amide bonds. The first-order valence-corrected chi connectivity index (χ1v) is 10.9. The van der Waals surface area contributed by atoms with Gasteiger partial charge in [-0.1, -0.05) is 25.0 Å². The van der Waals surface area contributed by atoms with Crippen molar-refractivity contribution in [1.29, 1.82) is 0 Å². The standard InChI is InChI=1S/C23H26N4O4/c1-13-24-20-16-8-4-5-9-18(16)31-21(20)22(25-13)27-12-14(10-17(27)23(29)30)11-19(28)26-15-6-2-3-7-15/h4-5,8-9,14-15,17H,2-3,6-7,10-12H2,1H3,(H,26,28)(H,29,30). The molecule has 2 N–H and O–H groups in total. The highest BCUT2D eigenvalue weighted by Gasteiger charge is 2.40. The number of furan rings is 1. The largest absolute Gasteiger partial charge is 0.480 e. The molecule has 5 rings (SSSR count). The van der Waals surface area contributed by atoms with Crippen molar-refractivity contribution in [1.82, 2.24) is 15.3 Å². The van der Waals surface area contributed by atoms with E-state index in [1.165, 1.54) is 0 Å². The summed E-state index contributed by atoms with van der Waals surface area (Å²) in [5, 5.41) is 13.9. The van der Waals surface area contributed by atoms with Gasteiger partial charge in [-0.3, -0.25) is 4.79 Å². The molecule has 1 aromatic carbocycles. The van der Waals surface area contributed by atoms with Crippen molar-refractivity contribution in [3.63, 3.8) is 0 Å². The Bertz CT molecular complexity index is 1150. The molecule has 3 aromatic rings. The quantitative estimate of drug-likeness (QED) is 0.648. The second kappa shape index (κ2) is 7.83. The van der Waals surface area contributed by atoms with Gasteiger partial charge in [0.05, 0.1) is 0 Å². The topological polar surface area (TPSA) is 109 Å². The number of carbonyl (C=O) groups excluding carboxylic acids is 1. The van der Waals surface area contributed by atoms with Crippen LogP contribution in [-0.2, 0) is 9.59 Å². The zero-order chi connectivity index (χ0) is 21.5. The Hall–Kier alpha value is -3.16. The zero-order valence-corrected chi connectivity index (χ0v) is 17.5. The number of hydrogen-bond donors (Lipinski definition) is 2. The second-order valence-electron chi connectivity index (χ2n) is 8.73. The molecule has 2 unspecified atom stereocenters. The molecule has 2 aliphatic rings. The molecule has 1 aliphatic heterocycles. The molecule has 0 bridgehead atoms. The van der Waals surface area contributed by atoms with Gasteiger partial charge in [-0.05, 0) is 44.2 Å². The van der Waals surface area contributed by atoms with Crippen LogP contribution >= 0.6 is 0 Å². The fraction of sp³-hybridized carbons (Fsp3) is 0.478. The van der Waals surface area contributed by atoms with E-state index in [0.717, 1.165) is 31.1 Å². The van der Waals surface area contributed by atoms with E-state index in [0.29, 0.717) is 47.7 Å². The van der Waals surface area contributed by atoms with Crippen LogP contribution in [0.2, 0.25) is 0 Å². The molecule has 1 saturated heterocycles. The highest BCUT2D eigenvalue weighted by atomic mass is 16.4. The van der Waals surface area contributed by atoms with Gasteiger partial charge in [-0.2, -0.15) is 0 Å². The molecule has 1 aliphatic carbocycles. The molecular weight excluding hydrogens is 396 g/mol. The van der Waals surface area contributed by atoms with E-state index < -0.39 is 12.0 Å². The van der Waals surface area contributed by atoms with Gasteiger partial charge in [0.15, 0.2) is 11.4 Å². The number of aliphatic carboxylic acids is 1. The smallest absolute Gasteiger partial charge is 0.326 e. The maximum atomic E-state index is 12.5. The van der Waals surface area contributed by atoms with Crippen LogP contribution in [0.15, 0.2) is 28.7 Å².